The van der Waals surface area contributed by atoms with Crippen LogP contribution in [0, 0.1) is 5.92 Å². The van der Waals surface area contributed by atoms with Gasteiger partial charge < -0.3 is 4.90 Å². The summed E-state index contributed by atoms with van der Waals surface area (Å²) in [6.07, 6.45) is 6.13. The highest BCUT2D eigenvalue weighted by atomic mass is 16.2. The fraction of sp³-hybridized carbons (Fsp3) is 0.727. The quantitative estimate of drug-likeness (QED) is 0.842. The molecule has 1 aromatic rings. The average Bonchev–Trinajstić information content (AvgIpc) is 2.83. The van der Waals surface area contributed by atoms with Gasteiger partial charge in [0, 0.05) is 13.1 Å². The largest absolute Gasteiger partial charge is 0.336 e. The molecule has 0 aromatic carbocycles. The Labute approximate surface area is 95.2 Å². The first-order chi connectivity index (χ1) is 7.81. The molecule has 5 heteroatoms. The van der Waals surface area contributed by atoms with Gasteiger partial charge in [-0.3, -0.25) is 9.89 Å². The predicted molar refractivity (Wildman–Crippen MR) is 59.9 cm³/mol. The van der Waals surface area contributed by atoms with Gasteiger partial charge in [0.25, 0.3) is 5.91 Å². The highest BCUT2D eigenvalue weighted by Crippen LogP contribution is 2.22. The summed E-state index contributed by atoms with van der Waals surface area (Å²) in [6, 6.07) is 0. The van der Waals surface area contributed by atoms with Crippen molar-refractivity contribution in [1.29, 1.82) is 0 Å². The molecule has 1 saturated heterocycles. The first kappa shape index (κ1) is 11.1. The molecular formula is C11H18N4O. The monoisotopic (exact) mass is 222 g/mol. The number of hydrogen-bond acceptors (Lipinski definition) is 3. The van der Waals surface area contributed by atoms with Crippen molar-refractivity contribution >= 4 is 5.91 Å². The molecule has 0 unspecified atom stereocenters. The lowest BCUT2D eigenvalue weighted by Gasteiger charge is -2.31. The van der Waals surface area contributed by atoms with Crippen molar-refractivity contribution in [3.63, 3.8) is 0 Å². The molecule has 0 saturated carbocycles. The number of aromatic nitrogens is 3. The van der Waals surface area contributed by atoms with E-state index in [-0.39, 0.29) is 5.91 Å². The summed E-state index contributed by atoms with van der Waals surface area (Å²) in [5, 5.41) is 6.32. The van der Waals surface area contributed by atoms with Gasteiger partial charge in [-0.1, -0.05) is 19.8 Å². The Bertz CT molecular complexity index is 328. The maximum Gasteiger partial charge on any atom is 0.291 e. The van der Waals surface area contributed by atoms with Crippen LogP contribution >= 0.6 is 0 Å². The third-order valence-electron chi connectivity index (χ3n) is 3.22. The van der Waals surface area contributed by atoms with Crippen molar-refractivity contribution in [3.8, 4) is 0 Å². The van der Waals surface area contributed by atoms with Gasteiger partial charge >= 0.3 is 0 Å². The van der Waals surface area contributed by atoms with E-state index in [4.69, 9.17) is 0 Å². The minimum absolute atomic E-state index is 0.0209. The Hall–Kier alpha value is -1.39. The van der Waals surface area contributed by atoms with Gasteiger partial charge in [-0.25, -0.2) is 4.98 Å². The van der Waals surface area contributed by atoms with Gasteiger partial charge in [0.15, 0.2) is 0 Å². The highest BCUT2D eigenvalue weighted by Gasteiger charge is 2.24. The van der Waals surface area contributed by atoms with Crippen LogP contribution in [0.4, 0.5) is 0 Å². The molecule has 1 aliphatic heterocycles. The Morgan fingerprint density at radius 3 is 2.88 bits per heavy atom. The molecular weight excluding hydrogens is 204 g/mol. The SMILES string of the molecule is CCCC1CCN(C(=O)c2ncn[nH]2)CC1. The summed E-state index contributed by atoms with van der Waals surface area (Å²) < 4.78 is 0. The van der Waals surface area contributed by atoms with Gasteiger partial charge in [-0.2, -0.15) is 5.10 Å². The van der Waals surface area contributed by atoms with Crippen LogP contribution in [0.3, 0.4) is 0 Å². The second-order valence-electron chi connectivity index (χ2n) is 4.36. The summed E-state index contributed by atoms with van der Waals surface area (Å²) in [4.78, 5) is 17.7. The van der Waals surface area contributed by atoms with Crippen molar-refractivity contribution in [3.05, 3.63) is 12.2 Å². The summed E-state index contributed by atoms with van der Waals surface area (Å²) >= 11 is 0. The number of hydrogen-bond donors (Lipinski definition) is 1. The van der Waals surface area contributed by atoms with Gasteiger partial charge in [-0.05, 0) is 18.8 Å². The van der Waals surface area contributed by atoms with E-state index < -0.39 is 0 Å². The molecule has 0 aliphatic carbocycles. The van der Waals surface area contributed by atoms with E-state index in [1.807, 2.05) is 4.90 Å². The zero-order valence-corrected chi connectivity index (χ0v) is 9.65. The van der Waals surface area contributed by atoms with Gasteiger partial charge in [0.2, 0.25) is 5.82 Å². The van der Waals surface area contributed by atoms with Gasteiger partial charge in [0.1, 0.15) is 6.33 Å². The Kier molecular flexibility index (Phi) is 3.54. The summed E-state index contributed by atoms with van der Waals surface area (Å²) in [5.74, 6) is 1.13. The number of rotatable bonds is 3. The first-order valence-corrected chi connectivity index (χ1v) is 5.96. The van der Waals surface area contributed by atoms with E-state index in [2.05, 4.69) is 22.1 Å². The van der Waals surface area contributed by atoms with E-state index in [0.29, 0.717) is 5.82 Å². The number of nitrogens with zero attached hydrogens (tertiary/aromatic N) is 3. The molecule has 1 aliphatic rings. The number of piperidine rings is 1. The van der Waals surface area contributed by atoms with Crippen molar-refractivity contribution < 1.29 is 4.79 Å². The Morgan fingerprint density at radius 1 is 1.56 bits per heavy atom. The molecule has 2 heterocycles. The molecule has 1 fully saturated rings. The van der Waals surface area contributed by atoms with Crippen LogP contribution in [-0.4, -0.2) is 39.1 Å². The molecule has 1 amide bonds. The smallest absolute Gasteiger partial charge is 0.291 e. The van der Waals surface area contributed by atoms with Crippen LogP contribution in [-0.2, 0) is 0 Å². The number of nitrogens with one attached hydrogen (secondary N) is 1. The molecule has 1 aromatic heterocycles. The minimum Gasteiger partial charge on any atom is -0.336 e. The molecule has 1 N–H and O–H groups in total. The van der Waals surface area contributed by atoms with Crippen LogP contribution in [0.25, 0.3) is 0 Å². The lowest BCUT2D eigenvalue weighted by atomic mass is 9.92. The summed E-state index contributed by atoms with van der Waals surface area (Å²) in [7, 11) is 0. The van der Waals surface area contributed by atoms with Gasteiger partial charge in [0.05, 0.1) is 0 Å². The van der Waals surface area contributed by atoms with E-state index in [9.17, 15) is 4.79 Å². The number of aromatic amines is 1. The summed E-state index contributed by atoms with van der Waals surface area (Å²) in [6.45, 7) is 3.92. The minimum atomic E-state index is -0.0209. The molecule has 0 atom stereocenters. The number of amides is 1. The maximum atomic E-state index is 11.9. The highest BCUT2D eigenvalue weighted by molar-refractivity contribution is 5.90. The van der Waals surface area contributed by atoms with Crippen LogP contribution < -0.4 is 0 Å². The van der Waals surface area contributed by atoms with Crippen LogP contribution in [0.1, 0.15) is 43.2 Å². The zero-order chi connectivity index (χ0) is 11.4. The number of carbonyl (C=O) groups is 1. The van der Waals surface area contributed by atoms with E-state index >= 15 is 0 Å². The third-order valence-corrected chi connectivity index (χ3v) is 3.22. The topological polar surface area (TPSA) is 61.9 Å². The molecule has 5 nitrogen and oxygen atoms in total. The lowest BCUT2D eigenvalue weighted by Crippen LogP contribution is -2.38. The normalized spacial score (nSPS) is 17.7. The Morgan fingerprint density at radius 2 is 2.31 bits per heavy atom. The number of likely N-dealkylation sites (tertiary alicyclic amines) is 1. The lowest BCUT2D eigenvalue weighted by molar-refractivity contribution is 0.0674. The molecule has 2 rings (SSSR count). The summed E-state index contributed by atoms with van der Waals surface area (Å²) in [5.41, 5.74) is 0. The molecule has 88 valence electrons. The first-order valence-electron chi connectivity index (χ1n) is 5.96. The fourth-order valence-electron chi connectivity index (χ4n) is 2.29. The van der Waals surface area contributed by atoms with Crippen molar-refractivity contribution in [1.82, 2.24) is 20.1 Å². The van der Waals surface area contributed by atoms with E-state index in [0.717, 1.165) is 31.8 Å². The number of carbonyl (C=O) groups excluding carboxylic acids is 1. The van der Waals surface area contributed by atoms with Crippen LogP contribution in [0.2, 0.25) is 0 Å². The molecule has 16 heavy (non-hydrogen) atoms. The van der Waals surface area contributed by atoms with E-state index in [1.165, 1.54) is 19.2 Å². The standard InChI is InChI=1S/C11H18N4O/c1-2-3-9-4-6-15(7-5-9)11(16)10-12-8-13-14-10/h8-9H,2-7H2,1H3,(H,12,13,14). The second kappa shape index (κ2) is 5.09. The Balaban J connectivity index is 1.87. The maximum absolute atomic E-state index is 11.9. The van der Waals surface area contributed by atoms with Crippen molar-refractivity contribution in [2.75, 3.05) is 13.1 Å². The number of H-pyrrole nitrogens is 1. The van der Waals surface area contributed by atoms with Crippen molar-refractivity contribution in [2.45, 2.75) is 32.6 Å². The molecule has 0 bridgehead atoms. The van der Waals surface area contributed by atoms with Gasteiger partial charge in [-0.15, -0.1) is 0 Å². The zero-order valence-electron chi connectivity index (χ0n) is 9.65. The second-order valence-corrected chi connectivity index (χ2v) is 4.36. The molecule has 0 radical (unpaired) electrons. The molecule has 0 spiro atoms. The van der Waals surface area contributed by atoms with Crippen LogP contribution in [0.5, 0.6) is 0 Å². The van der Waals surface area contributed by atoms with Crippen molar-refractivity contribution in [2.24, 2.45) is 5.92 Å². The van der Waals surface area contributed by atoms with Crippen LogP contribution in [0.15, 0.2) is 6.33 Å². The average molecular weight is 222 g/mol. The predicted octanol–water partition coefficient (Wildman–Crippen LogP) is 1.46. The third kappa shape index (κ3) is 2.40. The van der Waals surface area contributed by atoms with E-state index in [1.54, 1.807) is 0 Å². The fourth-order valence-corrected chi connectivity index (χ4v) is 2.29.